The molecule has 3 nitrogen and oxygen atoms in total. The quantitative estimate of drug-likeness (QED) is 0.708. The van der Waals surface area contributed by atoms with Crippen molar-refractivity contribution in [1.29, 1.82) is 0 Å². The van der Waals surface area contributed by atoms with Gasteiger partial charge in [-0.25, -0.2) is 4.39 Å². The van der Waals surface area contributed by atoms with Crippen molar-refractivity contribution in [1.82, 2.24) is 9.59 Å². The molecule has 1 heterocycles. The Hall–Kier alpha value is -1.62. The van der Waals surface area contributed by atoms with Crippen molar-refractivity contribution in [2.24, 2.45) is 0 Å². The van der Waals surface area contributed by atoms with Crippen molar-refractivity contribution in [3.05, 3.63) is 46.7 Å². The van der Waals surface area contributed by atoms with Gasteiger partial charge in [0.2, 0.25) is 5.78 Å². The van der Waals surface area contributed by atoms with Gasteiger partial charge in [0.25, 0.3) is 0 Å². The van der Waals surface area contributed by atoms with Crippen LogP contribution >= 0.6 is 11.5 Å². The molecule has 0 N–H and O–H groups in total. The molecule has 2 aromatic rings. The summed E-state index contributed by atoms with van der Waals surface area (Å²) in [6.45, 7) is 0. The first-order valence-electron chi connectivity index (χ1n) is 3.85. The summed E-state index contributed by atoms with van der Waals surface area (Å²) in [6.07, 6.45) is 1.37. The van der Waals surface area contributed by atoms with Crippen LogP contribution in [0.15, 0.2) is 30.5 Å². The van der Waals surface area contributed by atoms with Gasteiger partial charge in [-0.05, 0) is 23.7 Å². The summed E-state index contributed by atoms with van der Waals surface area (Å²) in [6, 6.07) is 5.55. The van der Waals surface area contributed by atoms with Gasteiger partial charge in [-0.2, -0.15) is 0 Å². The SMILES string of the molecule is O=C(c1cccc(F)c1)c1cnns1. The van der Waals surface area contributed by atoms with Crippen LogP contribution in [0.5, 0.6) is 0 Å². The van der Waals surface area contributed by atoms with E-state index in [1.165, 1.54) is 24.4 Å². The first-order chi connectivity index (χ1) is 6.77. The van der Waals surface area contributed by atoms with Crippen molar-refractivity contribution < 1.29 is 9.18 Å². The van der Waals surface area contributed by atoms with Gasteiger partial charge in [0.05, 0.1) is 6.20 Å². The number of carbonyl (C=O) groups excluding carboxylic acids is 1. The summed E-state index contributed by atoms with van der Waals surface area (Å²) >= 11 is 0.999. The third-order valence-corrected chi connectivity index (χ3v) is 2.34. The topological polar surface area (TPSA) is 42.9 Å². The van der Waals surface area contributed by atoms with Crippen molar-refractivity contribution in [2.45, 2.75) is 0 Å². The highest BCUT2D eigenvalue weighted by Gasteiger charge is 2.11. The number of carbonyl (C=O) groups is 1. The number of hydrogen-bond donors (Lipinski definition) is 0. The second-order valence-corrected chi connectivity index (χ2v) is 3.41. The van der Waals surface area contributed by atoms with Crippen molar-refractivity contribution in [3.63, 3.8) is 0 Å². The molecule has 0 atom stereocenters. The van der Waals surface area contributed by atoms with Crippen molar-refractivity contribution in [3.8, 4) is 0 Å². The number of halogens is 1. The van der Waals surface area contributed by atoms with Gasteiger partial charge in [-0.15, -0.1) is 5.10 Å². The number of aromatic nitrogens is 2. The monoisotopic (exact) mass is 208 g/mol. The molecule has 0 radical (unpaired) electrons. The van der Waals surface area contributed by atoms with Gasteiger partial charge in [0.15, 0.2) is 0 Å². The molecule has 0 fully saturated rings. The van der Waals surface area contributed by atoms with Crippen LogP contribution in [-0.4, -0.2) is 15.4 Å². The smallest absolute Gasteiger partial charge is 0.206 e. The van der Waals surface area contributed by atoms with Crippen LogP contribution in [0.1, 0.15) is 15.2 Å². The molecular formula is C9H5FN2OS. The van der Waals surface area contributed by atoms with E-state index < -0.39 is 5.82 Å². The standard InChI is InChI=1S/C9H5FN2OS/c10-7-3-1-2-6(4-7)9(13)8-5-11-12-14-8/h1-5H. The molecule has 5 heteroatoms. The summed E-state index contributed by atoms with van der Waals surface area (Å²) in [5.41, 5.74) is 0.316. The lowest BCUT2D eigenvalue weighted by molar-refractivity contribution is 0.104. The molecule has 0 aliphatic heterocycles. The highest BCUT2D eigenvalue weighted by molar-refractivity contribution is 7.08. The predicted octanol–water partition coefficient (Wildman–Crippen LogP) is 1.91. The molecule has 0 aliphatic carbocycles. The molecule has 2 rings (SSSR count). The second kappa shape index (κ2) is 3.63. The summed E-state index contributed by atoms with van der Waals surface area (Å²) < 4.78 is 16.4. The van der Waals surface area contributed by atoms with Crippen LogP contribution < -0.4 is 0 Å². The molecule has 14 heavy (non-hydrogen) atoms. The first-order valence-corrected chi connectivity index (χ1v) is 4.62. The minimum atomic E-state index is -0.423. The van der Waals surface area contributed by atoms with E-state index in [0.717, 1.165) is 11.5 Å². The Morgan fingerprint density at radius 2 is 2.29 bits per heavy atom. The maximum atomic E-state index is 12.8. The van der Waals surface area contributed by atoms with E-state index >= 15 is 0 Å². The minimum Gasteiger partial charge on any atom is -0.288 e. The molecule has 0 amide bonds. The summed E-state index contributed by atoms with van der Waals surface area (Å²) in [7, 11) is 0. The molecular weight excluding hydrogens is 203 g/mol. The van der Waals surface area contributed by atoms with Crippen molar-refractivity contribution in [2.75, 3.05) is 0 Å². The molecule has 1 aromatic heterocycles. The fourth-order valence-electron chi connectivity index (χ4n) is 1.04. The van der Waals surface area contributed by atoms with Crippen LogP contribution in [0, 0.1) is 5.82 Å². The van der Waals surface area contributed by atoms with Gasteiger partial charge in [-0.1, -0.05) is 16.6 Å². The molecule has 0 bridgehead atoms. The van der Waals surface area contributed by atoms with E-state index in [4.69, 9.17) is 0 Å². The maximum absolute atomic E-state index is 12.8. The van der Waals surface area contributed by atoms with Crippen LogP contribution in [0.25, 0.3) is 0 Å². The van der Waals surface area contributed by atoms with E-state index in [-0.39, 0.29) is 5.78 Å². The maximum Gasteiger partial charge on any atom is 0.206 e. The van der Waals surface area contributed by atoms with E-state index in [9.17, 15) is 9.18 Å². The van der Waals surface area contributed by atoms with E-state index in [1.807, 2.05) is 0 Å². The zero-order valence-corrected chi connectivity index (χ0v) is 7.79. The number of rotatable bonds is 2. The Morgan fingerprint density at radius 3 is 2.93 bits per heavy atom. The van der Waals surface area contributed by atoms with E-state index in [0.29, 0.717) is 10.4 Å². The molecule has 0 aliphatic rings. The first kappa shape index (κ1) is 8.96. The molecule has 0 spiro atoms. The Labute approximate surface area is 83.4 Å². The average Bonchev–Trinajstić information content (AvgIpc) is 2.69. The number of hydrogen-bond acceptors (Lipinski definition) is 4. The summed E-state index contributed by atoms with van der Waals surface area (Å²) in [5.74, 6) is -0.673. The fraction of sp³-hybridized carbons (Fsp3) is 0. The van der Waals surface area contributed by atoms with Gasteiger partial charge in [0, 0.05) is 5.56 Å². The molecule has 1 aromatic carbocycles. The third kappa shape index (κ3) is 1.67. The van der Waals surface area contributed by atoms with Crippen LogP contribution in [0.3, 0.4) is 0 Å². The molecule has 70 valence electrons. The molecule has 0 unspecified atom stereocenters. The van der Waals surface area contributed by atoms with E-state index in [1.54, 1.807) is 6.07 Å². The number of nitrogens with zero attached hydrogens (tertiary/aromatic N) is 2. The Kier molecular flexibility index (Phi) is 2.32. The highest BCUT2D eigenvalue weighted by Crippen LogP contribution is 2.12. The largest absolute Gasteiger partial charge is 0.288 e. The highest BCUT2D eigenvalue weighted by atomic mass is 32.1. The minimum absolute atomic E-state index is 0.250. The van der Waals surface area contributed by atoms with Gasteiger partial charge >= 0.3 is 0 Å². The van der Waals surface area contributed by atoms with Crippen molar-refractivity contribution >= 4 is 17.3 Å². The summed E-state index contributed by atoms with van der Waals surface area (Å²) in [4.78, 5) is 12.0. The van der Waals surface area contributed by atoms with Gasteiger partial charge < -0.3 is 0 Å². The Balaban J connectivity index is 2.37. The number of benzene rings is 1. The Bertz CT molecular complexity index is 456. The average molecular weight is 208 g/mol. The van der Waals surface area contributed by atoms with Crippen LogP contribution in [-0.2, 0) is 0 Å². The number of ketones is 1. The lowest BCUT2D eigenvalue weighted by atomic mass is 10.1. The lowest BCUT2D eigenvalue weighted by Gasteiger charge is -1.95. The second-order valence-electron chi connectivity index (χ2n) is 2.62. The predicted molar refractivity (Wildman–Crippen MR) is 49.7 cm³/mol. The molecule has 0 saturated carbocycles. The van der Waals surface area contributed by atoms with Crippen LogP contribution in [0.2, 0.25) is 0 Å². The molecule has 0 saturated heterocycles. The van der Waals surface area contributed by atoms with Gasteiger partial charge in [-0.3, -0.25) is 4.79 Å². The lowest BCUT2D eigenvalue weighted by Crippen LogP contribution is -1.98. The third-order valence-electron chi connectivity index (χ3n) is 1.67. The summed E-state index contributed by atoms with van der Waals surface area (Å²) in [5, 5.41) is 3.55. The normalized spacial score (nSPS) is 10.1. The zero-order valence-electron chi connectivity index (χ0n) is 6.98. The zero-order chi connectivity index (χ0) is 9.97. The van der Waals surface area contributed by atoms with Gasteiger partial charge in [0.1, 0.15) is 10.7 Å². The Morgan fingerprint density at radius 1 is 1.43 bits per heavy atom. The van der Waals surface area contributed by atoms with E-state index in [2.05, 4.69) is 9.59 Å². The fourth-order valence-corrected chi connectivity index (χ4v) is 1.52. The van der Waals surface area contributed by atoms with Crippen LogP contribution in [0.4, 0.5) is 4.39 Å².